The van der Waals surface area contributed by atoms with Crippen LogP contribution in [0.1, 0.15) is 6.42 Å². The van der Waals surface area contributed by atoms with Crippen LogP contribution in [0.25, 0.3) is 0 Å². The van der Waals surface area contributed by atoms with Crippen molar-refractivity contribution in [1.29, 1.82) is 0 Å². The van der Waals surface area contributed by atoms with E-state index in [1.807, 2.05) is 0 Å². The predicted molar refractivity (Wildman–Crippen MR) is 39.5 cm³/mol. The van der Waals surface area contributed by atoms with Crippen LogP contribution in [0, 0.1) is 0 Å². The van der Waals surface area contributed by atoms with Gasteiger partial charge in [0.1, 0.15) is 6.33 Å². The Hall–Kier alpha value is -1.05. The number of aliphatic hydroxyl groups is 2. The summed E-state index contributed by atoms with van der Waals surface area (Å²) in [6.07, 6.45) is 1.67. The normalized spacial score (nSPS) is 32.9. The van der Waals surface area contributed by atoms with Gasteiger partial charge in [-0.2, -0.15) is 4.68 Å². The van der Waals surface area contributed by atoms with Crippen LogP contribution < -0.4 is 0 Å². The summed E-state index contributed by atoms with van der Waals surface area (Å²) >= 11 is 0. The van der Waals surface area contributed by atoms with Crippen LogP contribution >= 0.6 is 0 Å². The van der Waals surface area contributed by atoms with Gasteiger partial charge in [-0.3, -0.25) is 0 Å². The fourth-order valence-electron chi connectivity index (χ4n) is 1.43. The van der Waals surface area contributed by atoms with Crippen LogP contribution in [0.3, 0.4) is 0 Å². The Kier molecular flexibility index (Phi) is 1.98. The van der Waals surface area contributed by atoms with Crippen molar-refractivity contribution in [3.8, 4) is 0 Å². The zero-order chi connectivity index (χ0) is 9.31. The van der Waals surface area contributed by atoms with Gasteiger partial charge in [0.2, 0.25) is 0 Å². The Balaban J connectivity index is 2.12. The minimum atomic E-state index is -0.864. The summed E-state index contributed by atoms with van der Waals surface area (Å²) < 4.78 is 6.65. The molecule has 0 bridgehead atoms. The quantitative estimate of drug-likeness (QED) is 0.572. The van der Waals surface area contributed by atoms with Crippen molar-refractivity contribution in [2.45, 2.75) is 18.2 Å². The summed E-state index contributed by atoms with van der Waals surface area (Å²) in [5.74, 6) is 0. The van der Waals surface area contributed by atoms with Crippen molar-refractivity contribution in [3.63, 3.8) is 0 Å². The summed E-state index contributed by atoms with van der Waals surface area (Å²) in [6.45, 7) is -0.252. The molecular weight excluding hydrogens is 176 g/mol. The van der Waals surface area contributed by atoms with Crippen LogP contribution in [0.15, 0.2) is 6.33 Å². The number of aromatic nitrogens is 4. The molecule has 0 radical (unpaired) electrons. The van der Waals surface area contributed by atoms with Crippen molar-refractivity contribution >= 4 is 0 Å². The number of ether oxygens (including phenoxy) is 1. The maximum atomic E-state index is 9.10. The Bertz CT molecular complexity index is 269. The Morgan fingerprint density at radius 1 is 1.62 bits per heavy atom. The zero-order valence-electron chi connectivity index (χ0n) is 6.87. The summed E-state index contributed by atoms with van der Waals surface area (Å²) in [5.41, 5.74) is -0.864. The smallest absolute Gasteiger partial charge is 0.190 e. The number of aliphatic hydroxyl groups excluding tert-OH is 2. The van der Waals surface area contributed by atoms with Crippen molar-refractivity contribution in [2.24, 2.45) is 0 Å². The second-order valence-corrected chi connectivity index (χ2v) is 2.99. The lowest BCUT2D eigenvalue weighted by Gasteiger charge is -2.44. The van der Waals surface area contributed by atoms with Crippen LogP contribution in [-0.2, 0) is 10.5 Å². The van der Waals surface area contributed by atoms with Gasteiger partial charge in [0.05, 0.1) is 19.3 Å². The molecule has 2 atom stereocenters. The molecule has 1 aromatic heterocycles. The monoisotopic (exact) mass is 186 g/mol. The molecule has 2 unspecified atom stereocenters. The Labute approximate surface area is 73.9 Å². The van der Waals surface area contributed by atoms with Gasteiger partial charge in [-0.15, -0.1) is 5.10 Å². The number of rotatable bonds is 3. The molecule has 2 heterocycles. The molecule has 1 aliphatic heterocycles. The van der Waals surface area contributed by atoms with E-state index in [1.165, 1.54) is 11.0 Å². The van der Waals surface area contributed by atoms with Gasteiger partial charge in [-0.1, -0.05) is 0 Å². The van der Waals surface area contributed by atoms with Gasteiger partial charge >= 0.3 is 0 Å². The van der Waals surface area contributed by atoms with Crippen LogP contribution in [0.4, 0.5) is 0 Å². The first-order chi connectivity index (χ1) is 6.30. The second kappa shape index (κ2) is 3.02. The minimum absolute atomic E-state index is 0.0517. The molecule has 1 aliphatic rings. The summed E-state index contributed by atoms with van der Waals surface area (Å²) in [7, 11) is 0. The molecule has 72 valence electrons. The number of hydrogen-bond donors (Lipinski definition) is 2. The topological polar surface area (TPSA) is 93.3 Å². The maximum absolute atomic E-state index is 9.10. The average molecular weight is 186 g/mol. The van der Waals surface area contributed by atoms with Gasteiger partial charge in [-0.05, 0) is 10.4 Å². The Morgan fingerprint density at radius 2 is 2.38 bits per heavy atom. The largest absolute Gasteiger partial charge is 0.394 e. The van der Waals surface area contributed by atoms with E-state index in [0.29, 0.717) is 6.42 Å². The van der Waals surface area contributed by atoms with Gasteiger partial charge in [-0.25, -0.2) is 0 Å². The van der Waals surface area contributed by atoms with Crippen molar-refractivity contribution < 1.29 is 14.9 Å². The third kappa shape index (κ3) is 1.21. The molecule has 7 heteroatoms. The lowest BCUT2D eigenvalue weighted by molar-refractivity contribution is -0.285. The number of nitrogens with zero attached hydrogens (tertiary/aromatic N) is 4. The lowest BCUT2D eigenvalue weighted by Crippen LogP contribution is -2.56. The van der Waals surface area contributed by atoms with E-state index in [-0.39, 0.29) is 19.3 Å². The zero-order valence-corrected chi connectivity index (χ0v) is 6.87. The fourth-order valence-corrected chi connectivity index (χ4v) is 1.43. The van der Waals surface area contributed by atoms with Gasteiger partial charge in [0, 0.05) is 6.42 Å². The molecule has 1 fully saturated rings. The van der Waals surface area contributed by atoms with E-state index in [0.717, 1.165) is 0 Å². The molecule has 2 N–H and O–H groups in total. The van der Waals surface area contributed by atoms with Crippen LogP contribution in [0.2, 0.25) is 0 Å². The highest BCUT2D eigenvalue weighted by molar-refractivity contribution is 4.87. The summed E-state index contributed by atoms with van der Waals surface area (Å²) in [6, 6.07) is 0. The lowest BCUT2D eigenvalue weighted by atomic mass is 9.99. The molecule has 0 saturated carbocycles. The van der Waals surface area contributed by atoms with Crippen LogP contribution in [0.5, 0.6) is 0 Å². The summed E-state index contributed by atoms with van der Waals surface area (Å²) in [4.78, 5) is 0. The molecule has 0 aromatic carbocycles. The SMILES string of the molecule is OCC1CC(CO)(n2cnnn2)O1. The molecule has 2 rings (SSSR count). The molecule has 13 heavy (non-hydrogen) atoms. The maximum Gasteiger partial charge on any atom is 0.190 e. The highest BCUT2D eigenvalue weighted by Crippen LogP contribution is 2.35. The van der Waals surface area contributed by atoms with E-state index in [1.54, 1.807) is 0 Å². The van der Waals surface area contributed by atoms with Crippen molar-refractivity contribution in [2.75, 3.05) is 13.2 Å². The summed E-state index contributed by atoms with van der Waals surface area (Å²) in [5, 5.41) is 28.4. The first kappa shape index (κ1) is 8.54. The fraction of sp³-hybridized carbons (Fsp3) is 0.833. The first-order valence-electron chi connectivity index (χ1n) is 3.94. The predicted octanol–water partition coefficient (Wildman–Crippen LogP) is -1.90. The Morgan fingerprint density at radius 3 is 2.85 bits per heavy atom. The minimum Gasteiger partial charge on any atom is -0.394 e. The number of tetrazole rings is 1. The standard InChI is InChI=1S/C6H10N4O3/c11-2-5-1-6(3-12,13-5)10-4-7-8-9-10/h4-5,11-12H,1-3H2. The molecule has 1 aromatic rings. The molecule has 0 aliphatic carbocycles. The van der Waals surface area contributed by atoms with Gasteiger partial charge < -0.3 is 14.9 Å². The second-order valence-electron chi connectivity index (χ2n) is 2.99. The molecular formula is C6H10N4O3. The highest BCUT2D eigenvalue weighted by Gasteiger charge is 2.47. The first-order valence-corrected chi connectivity index (χ1v) is 3.94. The van der Waals surface area contributed by atoms with Crippen LogP contribution in [-0.4, -0.2) is 49.7 Å². The third-order valence-electron chi connectivity index (χ3n) is 2.15. The molecule has 7 nitrogen and oxygen atoms in total. The third-order valence-corrected chi connectivity index (χ3v) is 2.15. The van der Waals surface area contributed by atoms with E-state index in [4.69, 9.17) is 14.9 Å². The van der Waals surface area contributed by atoms with E-state index < -0.39 is 5.72 Å². The van der Waals surface area contributed by atoms with E-state index in [9.17, 15) is 0 Å². The van der Waals surface area contributed by atoms with E-state index in [2.05, 4.69) is 15.5 Å². The highest BCUT2D eigenvalue weighted by atomic mass is 16.6. The molecule has 0 amide bonds. The van der Waals surface area contributed by atoms with Crippen molar-refractivity contribution in [1.82, 2.24) is 20.2 Å². The number of hydrogen-bond acceptors (Lipinski definition) is 6. The van der Waals surface area contributed by atoms with Crippen molar-refractivity contribution in [3.05, 3.63) is 6.33 Å². The van der Waals surface area contributed by atoms with Gasteiger partial charge in [0.25, 0.3) is 0 Å². The van der Waals surface area contributed by atoms with Gasteiger partial charge in [0.15, 0.2) is 5.72 Å². The average Bonchev–Trinajstić information content (AvgIpc) is 2.57. The molecule has 1 saturated heterocycles. The molecule has 0 spiro atoms. The van der Waals surface area contributed by atoms with E-state index >= 15 is 0 Å².